The van der Waals surface area contributed by atoms with Gasteiger partial charge in [-0.05, 0) is 17.7 Å². The smallest absolute Gasteiger partial charge is 0.116 e. The monoisotopic (exact) mass is 211 g/mol. The maximum Gasteiger partial charge on any atom is 0.116 e. The lowest BCUT2D eigenvalue weighted by atomic mass is 10.0. The average Bonchev–Trinajstić information content (AvgIpc) is 2.38. The van der Waals surface area contributed by atoms with Crippen LogP contribution in [0.25, 0.3) is 0 Å². The van der Waals surface area contributed by atoms with Crippen LogP contribution in [0.4, 0.5) is 0 Å². The minimum absolute atomic E-state index is 0.177. The molecule has 3 heteroatoms. The van der Waals surface area contributed by atoms with E-state index in [1.165, 1.54) is 5.56 Å². The summed E-state index contributed by atoms with van der Waals surface area (Å²) in [4.78, 5) is 4.23. The van der Waals surface area contributed by atoms with Gasteiger partial charge in [0.15, 0.2) is 0 Å². The molecule has 0 saturated heterocycles. The number of aromatic nitrogens is 1. The summed E-state index contributed by atoms with van der Waals surface area (Å²) < 4.78 is 0. The molecule has 2 aromatic rings. The molecule has 16 heavy (non-hydrogen) atoms. The number of nitrogens with one attached hydrogen (secondary N) is 1. The summed E-state index contributed by atoms with van der Waals surface area (Å²) in [6.07, 6.45) is 2.46. The molecule has 0 amide bonds. The number of pyridine rings is 1. The van der Waals surface area contributed by atoms with Gasteiger partial charge >= 0.3 is 0 Å². The van der Waals surface area contributed by atoms with E-state index in [0.717, 1.165) is 12.1 Å². The molecule has 0 aliphatic carbocycles. The number of hydrogen-bond donors (Lipinski definition) is 1. The van der Waals surface area contributed by atoms with Crippen molar-refractivity contribution in [3.63, 3.8) is 0 Å². The summed E-state index contributed by atoms with van der Waals surface area (Å²) in [5, 5.41) is 3.64. The van der Waals surface area contributed by atoms with Gasteiger partial charge in [0.05, 0.1) is 5.69 Å². The van der Waals surface area contributed by atoms with Gasteiger partial charge < -0.3 is 0 Å². The predicted octanol–water partition coefficient (Wildman–Crippen LogP) is 3.40. The Morgan fingerprint density at radius 3 is 2.44 bits per heavy atom. The molecule has 0 saturated carbocycles. The van der Waals surface area contributed by atoms with Crippen LogP contribution in [0.1, 0.15) is 17.3 Å². The highest BCUT2D eigenvalue weighted by Gasteiger charge is 2.11. The van der Waals surface area contributed by atoms with E-state index in [-0.39, 0.29) is 6.04 Å². The lowest BCUT2D eigenvalue weighted by Crippen LogP contribution is -2.01. The molecular weight excluding hydrogens is 198 g/mol. The highest BCUT2D eigenvalue weighted by molar-refractivity contribution is 5.19. The zero-order valence-electron chi connectivity index (χ0n) is 8.88. The first-order chi connectivity index (χ1) is 7.90. The third-order valence-corrected chi connectivity index (χ3v) is 2.46. The molecule has 1 aromatic carbocycles. The van der Waals surface area contributed by atoms with Crippen molar-refractivity contribution in [2.45, 2.75) is 12.5 Å². The van der Waals surface area contributed by atoms with Crippen LogP contribution in [0.2, 0.25) is 0 Å². The Bertz CT molecular complexity index is 439. The molecule has 3 nitrogen and oxygen atoms in total. The van der Waals surface area contributed by atoms with Crippen molar-refractivity contribution in [1.29, 1.82) is 5.53 Å². The van der Waals surface area contributed by atoms with Gasteiger partial charge in [-0.25, -0.2) is 5.53 Å². The summed E-state index contributed by atoms with van der Waals surface area (Å²) in [6, 6.07) is 15.6. The van der Waals surface area contributed by atoms with Gasteiger partial charge in [0.2, 0.25) is 0 Å². The van der Waals surface area contributed by atoms with Crippen LogP contribution < -0.4 is 0 Å². The summed E-state index contributed by atoms with van der Waals surface area (Å²) in [5.41, 5.74) is 9.26. The normalized spacial score (nSPS) is 12.0. The van der Waals surface area contributed by atoms with E-state index in [1.807, 2.05) is 48.5 Å². The van der Waals surface area contributed by atoms with Crippen molar-refractivity contribution >= 4 is 0 Å². The van der Waals surface area contributed by atoms with Gasteiger partial charge in [-0.2, -0.15) is 5.11 Å². The molecule has 80 valence electrons. The Labute approximate surface area is 94.7 Å². The molecule has 1 unspecified atom stereocenters. The Morgan fingerprint density at radius 1 is 1.06 bits per heavy atom. The van der Waals surface area contributed by atoms with Crippen molar-refractivity contribution < 1.29 is 0 Å². The van der Waals surface area contributed by atoms with Crippen LogP contribution in [-0.2, 0) is 6.42 Å². The quantitative estimate of drug-likeness (QED) is 0.774. The standard InChI is InChI=1S/C13H13N3/c14-16-13(12-8-4-5-9-15-12)10-11-6-2-1-3-7-11/h1-9,13-14H,10H2. The third kappa shape index (κ3) is 2.51. The first-order valence-electron chi connectivity index (χ1n) is 5.21. The molecule has 0 radical (unpaired) electrons. The van der Waals surface area contributed by atoms with Crippen LogP contribution in [0.15, 0.2) is 59.8 Å². The minimum Gasteiger partial charge on any atom is -0.259 e. The van der Waals surface area contributed by atoms with E-state index in [1.54, 1.807) is 6.20 Å². The fourth-order valence-corrected chi connectivity index (χ4v) is 1.63. The molecule has 0 fully saturated rings. The van der Waals surface area contributed by atoms with Gasteiger partial charge in [0.1, 0.15) is 6.04 Å². The molecule has 1 atom stereocenters. The summed E-state index contributed by atoms with van der Waals surface area (Å²) >= 11 is 0. The first-order valence-corrected chi connectivity index (χ1v) is 5.21. The fourth-order valence-electron chi connectivity index (χ4n) is 1.63. The second kappa shape index (κ2) is 5.16. The molecule has 1 aromatic heterocycles. The second-order valence-corrected chi connectivity index (χ2v) is 3.59. The lowest BCUT2D eigenvalue weighted by molar-refractivity contribution is 0.643. The highest BCUT2D eigenvalue weighted by atomic mass is 15.0. The number of benzene rings is 1. The maximum absolute atomic E-state index is 7.23. The van der Waals surface area contributed by atoms with Crippen LogP contribution in [0.3, 0.4) is 0 Å². The Morgan fingerprint density at radius 2 is 1.81 bits per heavy atom. The van der Waals surface area contributed by atoms with Gasteiger partial charge in [-0.15, -0.1) is 0 Å². The van der Waals surface area contributed by atoms with E-state index in [9.17, 15) is 0 Å². The summed E-state index contributed by atoms with van der Waals surface area (Å²) in [5.74, 6) is 0. The lowest BCUT2D eigenvalue weighted by Gasteiger charge is -2.09. The Balaban J connectivity index is 2.16. The Kier molecular flexibility index (Phi) is 3.38. The van der Waals surface area contributed by atoms with Crippen molar-refractivity contribution in [2.24, 2.45) is 5.11 Å². The molecule has 1 N–H and O–H groups in total. The molecule has 1 heterocycles. The maximum atomic E-state index is 7.23. The Hall–Kier alpha value is -2.03. The predicted molar refractivity (Wildman–Crippen MR) is 62.3 cm³/mol. The molecule has 2 rings (SSSR count). The van der Waals surface area contributed by atoms with Crippen molar-refractivity contribution in [1.82, 2.24) is 4.98 Å². The van der Waals surface area contributed by atoms with Crippen LogP contribution in [-0.4, -0.2) is 4.98 Å². The van der Waals surface area contributed by atoms with Gasteiger partial charge in [0.25, 0.3) is 0 Å². The van der Waals surface area contributed by atoms with Crippen molar-refractivity contribution in [3.05, 3.63) is 66.0 Å². The minimum atomic E-state index is -0.177. The molecule has 0 bridgehead atoms. The molecule has 0 aliphatic heterocycles. The van der Waals surface area contributed by atoms with E-state index >= 15 is 0 Å². The number of hydrogen-bond acceptors (Lipinski definition) is 3. The topological polar surface area (TPSA) is 49.1 Å². The summed E-state index contributed by atoms with van der Waals surface area (Å²) in [6.45, 7) is 0. The van der Waals surface area contributed by atoms with Crippen LogP contribution in [0.5, 0.6) is 0 Å². The molecular formula is C13H13N3. The average molecular weight is 211 g/mol. The van der Waals surface area contributed by atoms with Crippen molar-refractivity contribution in [3.8, 4) is 0 Å². The van der Waals surface area contributed by atoms with E-state index in [4.69, 9.17) is 5.53 Å². The third-order valence-electron chi connectivity index (χ3n) is 2.46. The largest absolute Gasteiger partial charge is 0.259 e. The highest BCUT2D eigenvalue weighted by Crippen LogP contribution is 2.19. The van der Waals surface area contributed by atoms with E-state index in [2.05, 4.69) is 10.1 Å². The molecule has 0 spiro atoms. The summed E-state index contributed by atoms with van der Waals surface area (Å²) in [7, 11) is 0. The van der Waals surface area contributed by atoms with Gasteiger partial charge in [-0.3, -0.25) is 4.98 Å². The molecule has 0 aliphatic rings. The second-order valence-electron chi connectivity index (χ2n) is 3.59. The zero-order chi connectivity index (χ0) is 11.2. The van der Waals surface area contributed by atoms with E-state index < -0.39 is 0 Å². The van der Waals surface area contributed by atoms with E-state index in [0.29, 0.717) is 0 Å². The zero-order valence-corrected chi connectivity index (χ0v) is 8.88. The van der Waals surface area contributed by atoms with Crippen molar-refractivity contribution in [2.75, 3.05) is 0 Å². The van der Waals surface area contributed by atoms with Crippen LogP contribution in [0, 0.1) is 5.53 Å². The van der Waals surface area contributed by atoms with Crippen LogP contribution >= 0.6 is 0 Å². The number of nitrogens with zero attached hydrogens (tertiary/aromatic N) is 2. The SMILES string of the molecule is N=NC(Cc1ccccc1)c1ccccn1. The number of rotatable bonds is 4. The fraction of sp³-hybridized carbons (Fsp3) is 0.154. The van der Waals surface area contributed by atoms with Gasteiger partial charge in [0, 0.05) is 12.6 Å². The van der Waals surface area contributed by atoms with Gasteiger partial charge in [-0.1, -0.05) is 36.4 Å². The first kappa shape index (κ1) is 10.5.